The van der Waals surface area contributed by atoms with Gasteiger partial charge >= 0.3 is 0 Å². The monoisotopic (exact) mass is 187 g/mol. The van der Waals surface area contributed by atoms with Gasteiger partial charge in [0.25, 0.3) is 0 Å². The highest BCUT2D eigenvalue weighted by Gasteiger charge is 2.10. The van der Waals surface area contributed by atoms with E-state index >= 15 is 0 Å². The van der Waals surface area contributed by atoms with Crippen molar-refractivity contribution in [1.29, 1.82) is 0 Å². The van der Waals surface area contributed by atoms with Crippen LogP contribution in [0.4, 0.5) is 0 Å². The molecule has 1 aromatic heterocycles. The molecule has 0 aliphatic carbocycles. The van der Waals surface area contributed by atoms with E-state index in [1.165, 1.54) is 5.06 Å². The Kier molecular flexibility index (Phi) is 3.06. The summed E-state index contributed by atoms with van der Waals surface area (Å²) >= 11 is 4.98. The third-order valence-electron chi connectivity index (χ3n) is 1.15. The summed E-state index contributed by atoms with van der Waals surface area (Å²) < 4.78 is 0. The lowest BCUT2D eigenvalue weighted by Crippen LogP contribution is -2.27. The second-order valence-electron chi connectivity index (χ2n) is 1.96. The standard InChI is InChI=1S/C5H9N5OS/c1-3-11-10(2)5(12)4-6-8-9-7-4/h3H2,1-2H3,(H,6,7,8,9). The second-order valence-corrected chi connectivity index (χ2v) is 2.34. The molecular formula is C5H9N5OS. The number of hydrogen-bond donors (Lipinski definition) is 1. The first-order valence-corrected chi connectivity index (χ1v) is 3.81. The lowest BCUT2D eigenvalue weighted by molar-refractivity contribution is -0.0702. The van der Waals surface area contributed by atoms with Gasteiger partial charge in [0.15, 0.2) is 4.99 Å². The molecule has 0 unspecified atom stereocenters. The number of nitrogens with one attached hydrogen (secondary N) is 1. The summed E-state index contributed by atoms with van der Waals surface area (Å²) in [7, 11) is 1.70. The third-order valence-corrected chi connectivity index (χ3v) is 1.59. The smallest absolute Gasteiger partial charge is 0.233 e. The normalized spacial score (nSPS) is 9.83. The lowest BCUT2D eigenvalue weighted by Gasteiger charge is -2.15. The van der Waals surface area contributed by atoms with Crippen molar-refractivity contribution >= 4 is 17.2 Å². The van der Waals surface area contributed by atoms with E-state index in [0.29, 0.717) is 17.4 Å². The molecule has 66 valence electrons. The Morgan fingerprint density at radius 2 is 2.50 bits per heavy atom. The molecule has 0 aliphatic rings. The van der Waals surface area contributed by atoms with Gasteiger partial charge in [0.05, 0.1) is 6.61 Å². The van der Waals surface area contributed by atoms with E-state index in [1.54, 1.807) is 7.05 Å². The summed E-state index contributed by atoms with van der Waals surface area (Å²) in [4.78, 5) is 5.51. The van der Waals surface area contributed by atoms with Gasteiger partial charge in [-0.15, -0.1) is 10.2 Å². The molecule has 1 rings (SSSR count). The molecule has 0 fully saturated rings. The average molecular weight is 187 g/mol. The van der Waals surface area contributed by atoms with Crippen LogP contribution in [0.25, 0.3) is 0 Å². The van der Waals surface area contributed by atoms with Gasteiger partial charge in [0.2, 0.25) is 5.82 Å². The quantitative estimate of drug-likeness (QED) is 0.520. The molecule has 0 amide bonds. The molecule has 0 spiro atoms. The second kappa shape index (κ2) is 4.07. The van der Waals surface area contributed by atoms with Gasteiger partial charge in [-0.25, -0.2) is 5.06 Å². The lowest BCUT2D eigenvalue weighted by atomic mass is 10.6. The number of nitrogens with zero attached hydrogens (tertiary/aromatic N) is 4. The third kappa shape index (κ3) is 1.95. The number of aromatic amines is 1. The fraction of sp³-hybridized carbons (Fsp3) is 0.600. The van der Waals surface area contributed by atoms with E-state index in [4.69, 9.17) is 17.1 Å². The minimum absolute atomic E-state index is 0.362. The van der Waals surface area contributed by atoms with Crippen molar-refractivity contribution in [3.63, 3.8) is 0 Å². The molecule has 1 N–H and O–H groups in total. The molecule has 1 aromatic rings. The minimum Gasteiger partial charge on any atom is -0.273 e. The zero-order valence-electron chi connectivity index (χ0n) is 6.81. The van der Waals surface area contributed by atoms with Crippen molar-refractivity contribution in [2.45, 2.75) is 6.92 Å². The maximum absolute atomic E-state index is 5.10. The van der Waals surface area contributed by atoms with Gasteiger partial charge in [-0.2, -0.15) is 5.21 Å². The zero-order chi connectivity index (χ0) is 8.97. The highest BCUT2D eigenvalue weighted by Crippen LogP contribution is 1.96. The predicted octanol–water partition coefficient (Wildman–Crippen LogP) is -0.241. The molecule has 0 saturated heterocycles. The Morgan fingerprint density at radius 3 is 3.00 bits per heavy atom. The number of hydrogen-bond acceptors (Lipinski definition) is 5. The number of rotatable bonds is 3. The average Bonchev–Trinajstić information content (AvgIpc) is 2.55. The van der Waals surface area contributed by atoms with Gasteiger partial charge in [-0.3, -0.25) is 4.84 Å². The van der Waals surface area contributed by atoms with Crippen molar-refractivity contribution in [2.75, 3.05) is 13.7 Å². The largest absolute Gasteiger partial charge is 0.273 e. The minimum atomic E-state index is 0.362. The molecular weight excluding hydrogens is 178 g/mol. The van der Waals surface area contributed by atoms with E-state index in [9.17, 15) is 0 Å². The molecule has 12 heavy (non-hydrogen) atoms. The summed E-state index contributed by atoms with van der Waals surface area (Å²) in [6, 6.07) is 0. The molecule has 7 heteroatoms. The Morgan fingerprint density at radius 1 is 1.75 bits per heavy atom. The number of hydroxylamine groups is 2. The molecule has 6 nitrogen and oxygen atoms in total. The summed E-state index contributed by atoms with van der Waals surface area (Å²) in [5.41, 5.74) is 0. The van der Waals surface area contributed by atoms with Gasteiger partial charge in [0, 0.05) is 7.05 Å². The van der Waals surface area contributed by atoms with Crippen LogP contribution in [0.5, 0.6) is 0 Å². The van der Waals surface area contributed by atoms with E-state index in [2.05, 4.69) is 20.6 Å². The van der Waals surface area contributed by atoms with Crippen LogP contribution in [0.2, 0.25) is 0 Å². The van der Waals surface area contributed by atoms with Crippen LogP contribution in [0.1, 0.15) is 12.7 Å². The van der Waals surface area contributed by atoms with Crippen LogP contribution < -0.4 is 0 Å². The van der Waals surface area contributed by atoms with Crippen LogP contribution in [-0.4, -0.2) is 44.3 Å². The van der Waals surface area contributed by atoms with Crippen LogP contribution in [0.3, 0.4) is 0 Å². The number of tetrazole rings is 1. The van der Waals surface area contributed by atoms with Crippen molar-refractivity contribution < 1.29 is 4.84 Å². The first kappa shape index (κ1) is 9.01. The Bertz CT molecular complexity index is 248. The highest BCUT2D eigenvalue weighted by atomic mass is 32.1. The highest BCUT2D eigenvalue weighted by molar-refractivity contribution is 7.80. The van der Waals surface area contributed by atoms with Crippen molar-refractivity contribution in [3.8, 4) is 0 Å². The van der Waals surface area contributed by atoms with Crippen LogP contribution in [0, 0.1) is 0 Å². The summed E-state index contributed by atoms with van der Waals surface area (Å²) in [5.74, 6) is 0.362. The van der Waals surface area contributed by atoms with Crippen LogP contribution >= 0.6 is 12.2 Å². The molecule has 0 aliphatic heterocycles. The molecule has 0 aromatic carbocycles. The van der Waals surface area contributed by atoms with Gasteiger partial charge in [0.1, 0.15) is 0 Å². The fourth-order valence-electron chi connectivity index (χ4n) is 0.645. The summed E-state index contributed by atoms with van der Waals surface area (Å²) in [5, 5.41) is 14.5. The topological polar surface area (TPSA) is 66.9 Å². The maximum atomic E-state index is 5.10. The van der Waals surface area contributed by atoms with Crippen LogP contribution in [-0.2, 0) is 4.84 Å². The number of aromatic nitrogens is 4. The fourth-order valence-corrected chi connectivity index (χ4v) is 0.785. The van der Waals surface area contributed by atoms with E-state index < -0.39 is 0 Å². The van der Waals surface area contributed by atoms with Crippen LogP contribution in [0.15, 0.2) is 0 Å². The number of H-pyrrole nitrogens is 1. The van der Waals surface area contributed by atoms with Gasteiger partial charge in [-0.05, 0) is 12.1 Å². The summed E-state index contributed by atoms with van der Waals surface area (Å²) in [6.07, 6.45) is 0. The van der Waals surface area contributed by atoms with Crippen molar-refractivity contribution in [2.24, 2.45) is 0 Å². The molecule has 1 heterocycles. The Labute approximate surface area is 74.9 Å². The van der Waals surface area contributed by atoms with E-state index in [-0.39, 0.29) is 0 Å². The Hall–Kier alpha value is -1.08. The first-order chi connectivity index (χ1) is 5.75. The van der Waals surface area contributed by atoms with Crippen molar-refractivity contribution in [1.82, 2.24) is 25.7 Å². The van der Waals surface area contributed by atoms with E-state index in [0.717, 1.165) is 0 Å². The zero-order valence-corrected chi connectivity index (χ0v) is 7.63. The van der Waals surface area contributed by atoms with Crippen molar-refractivity contribution in [3.05, 3.63) is 5.82 Å². The van der Waals surface area contributed by atoms with Gasteiger partial charge in [-0.1, -0.05) is 12.2 Å². The number of thiocarbonyl (C=S) groups is 1. The summed E-state index contributed by atoms with van der Waals surface area (Å²) in [6.45, 7) is 2.42. The van der Waals surface area contributed by atoms with Gasteiger partial charge < -0.3 is 0 Å². The first-order valence-electron chi connectivity index (χ1n) is 3.40. The Balaban J connectivity index is 2.59. The molecule has 0 atom stereocenters. The van der Waals surface area contributed by atoms with E-state index in [1.807, 2.05) is 6.92 Å². The molecule has 0 saturated carbocycles. The molecule has 0 radical (unpaired) electrons. The molecule has 0 bridgehead atoms. The predicted molar refractivity (Wildman–Crippen MR) is 45.3 cm³/mol. The SMILES string of the molecule is CCON(C)C(=S)c1nn[nH]n1. The maximum Gasteiger partial charge on any atom is 0.233 e.